The minimum atomic E-state index is -0.547. The molecule has 1 aliphatic heterocycles. The van der Waals surface area contributed by atoms with Crippen molar-refractivity contribution in [2.24, 2.45) is 0 Å². The number of phenolic OH excluding ortho intramolecular Hbond substituents is 1. The highest BCUT2D eigenvalue weighted by molar-refractivity contribution is 9.10. The molecule has 9 heteroatoms. The van der Waals surface area contributed by atoms with Gasteiger partial charge in [0.15, 0.2) is 11.5 Å². The highest BCUT2D eigenvalue weighted by Crippen LogP contribution is 2.38. The van der Waals surface area contributed by atoms with Crippen molar-refractivity contribution in [1.29, 1.82) is 0 Å². The lowest BCUT2D eigenvalue weighted by atomic mass is 10.1. The molecule has 3 rings (SSSR count). The van der Waals surface area contributed by atoms with Crippen molar-refractivity contribution < 1.29 is 24.2 Å². The van der Waals surface area contributed by atoms with Gasteiger partial charge >= 0.3 is 0 Å². The second kappa shape index (κ2) is 9.57. The molecular weight excluding hydrogens is 484 g/mol. The number of anilines is 1. The van der Waals surface area contributed by atoms with Crippen LogP contribution in [0, 0.1) is 13.8 Å². The number of benzene rings is 2. The van der Waals surface area contributed by atoms with Crippen LogP contribution >= 0.6 is 27.7 Å². The third kappa shape index (κ3) is 5.11. The lowest BCUT2D eigenvalue weighted by Crippen LogP contribution is -2.36. The van der Waals surface area contributed by atoms with Gasteiger partial charge in [-0.25, -0.2) is 0 Å². The summed E-state index contributed by atoms with van der Waals surface area (Å²) in [6.45, 7) is 5.51. The van der Waals surface area contributed by atoms with Crippen LogP contribution < -0.4 is 10.1 Å². The van der Waals surface area contributed by atoms with Crippen molar-refractivity contribution in [3.63, 3.8) is 0 Å². The Balaban J connectivity index is 1.77. The number of halogens is 1. The summed E-state index contributed by atoms with van der Waals surface area (Å²) in [6.07, 6.45) is 1.53. The molecule has 2 aromatic rings. The van der Waals surface area contributed by atoms with E-state index in [1.165, 1.54) is 6.08 Å². The van der Waals surface area contributed by atoms with Gasteiger partial charge in [0.1, 0.15) is 6.54 Å². The Kier molecular flexibility index (Phi) is 7.07. The van der Waals surface area contributed by atoms with E-state index in [0.29, 0.717) is 22.3 Å². The number of hydrogen-bond donors (Lipinski definition) is 2. The van der Waals surface area contributed by atoms with Gasteiger partial charge < -0.3 is 15.2 Å². The van der Waals surface area contributed by atoms with Gasteiger partial charge in [0.05, 0.1) is 16.0 Å². The molecule has 0 radical (unpaired) electrons. The Labute approximate surface area is 192 Å². The van der Waals surface area contributed by atoms with Gasteiger partial charge in [-0.1, -0.05) is 18.2 Å². The summed E-state index contributed by atoms with van der Waals surface area (Å²) in [7, 11) is 0. The number of nitrogens with zero attached hydrogens (tertiary/aromatic N) is 1. The second-order valence-corrected chi connectivity index (χ2v) is 8.71. The molecule has 0 spiro atoms. The number of para-hydroxylation sites is 1. The number of carbonyl (C=O) groups is 3. The fourth-order valence-electron chi connectivity index (χ4n) is 3.06. The molecule has 1 fully saturated rings. The number of thioether (sulfide) groups is 1. The van der Waals surface area contributed by atoms with E-state index in [-0.39, 0.29) is 22.9 Å². The molecule has 0 aromatic heterocycles. The van der Waals surface area contributed by atoms with Gasteiger partial charge in [-0.15, -0.1) is 0 Å². The van der Waals surface area contributed by atoms with E-state index >= 15 is 0 Å². The van der Waals surface area contributed by atoms with Crippen molar-refractivity contribution in [2.75, 3.05) is 18.5 Å². The lowest BCUT2D eigenvalue weighted by molar-refractivity contribution is -0.127. The van der Waals surface area contributed by atoms with Crippen LogP contribution in [0.25, 0.3) is 6.08 Å². The summed E-state index contributed by atoms with van der Waals surface area (Å²) in [4.78, 5) is 38.7. The molecule has 31 heavy (non-hydrogen) atoms. The van der Waals surface area contributed by atoms with Gasteiger partial charge in [0.2, 0.25) is 5.91 Å². The number of hydrogen-bond acceptors (Lipinski definition) is 6. The summed E-state index contributed by atoms with van der Waals surface area (Å²) < 4.78 is 5.79. The fourth-order valence-corrected chi connectivity index (χ4v) is 4.36. The van der Waals surface area contributed by atoms with Crippen molar-refractivity contribution in [3.05, 3.63) is 56.4 Å². The molecule has 1 heterocycles. The number of amides is 3. The summed E-state index contributed by atoms with van der Waals surface area (Å²) in [5, 5.41) is 12.3. The first-order valence-corrected chi connectivity index (χ1v) is 11.1. The monoisotopic (exact) mass is 504 g/mol. The van der Waals surface area contributed by atoms with Crippen molar-refractivity contribution in [3.8, 4) is 11.5 Å². The van der Waals surface area contributed by atoms with Crippen LogP contribution in [0.15, 0.2) is 39.7 Å². The Morgan fingerprint density at radius 1 is 1.26 bits per heavy atom. The number of rotatable bonds is 6. The Morgan fingerprint density at radius 2 is 1.94 bits per heavy atom. The second-order valence-electron chi connectivity index (χ2n) is 6.87. The van der Waals surface area contributed by atoms with Gasteiger partial charge in [0.25, 0.3) is 11.1 Å². The highest BCUT2D eigenvalue weighted by Gasteiger charge is 2.36. The average Bonchev–Trinajstić information content (AvgIpc) is 2.96. The molecule has 0 saturated carbocycles. The zero-order chi connectivity index (χ0) is 22.7. The first-order chi connectivity index (χ1) is 14.7. The number of ether oxygens (including phenoxy) is 1. The predicted octanol–water partition coefficient (Wildman–Crippen LogP) is 4.85. The summed E-state index contributed by atoms with van der Waals surface area (Å²) in [6, 6.07) is 8.82. The number of imide groups is 1. The van der Waals surface area contributed by atoms with Crippen LogP contribution in [-0.4, -0.2) is 40.2 Å². The maximum absolute atomic E-state index is 12.7. The number of aryl methyl sites for hydroxylation is 2. The normalized spacial score (nSPS) is 15.0. The first-order valence-electron chi connectivity index (χ1n) is 9.48. The minimum absolute atomic E-state index is 0.0460. The fraction of sp³-hybridized carbons (Fsp3) is 0.227. The van der Waals surface area contributed by atoms with E-state index in [4.69, 9.17) is 4.74 Å². The van der Waals surface area contributed by atoms with E-state index in [2.05, 4.69) is 21.2 Å². The largest absolute Gasteiger partial charge is 0.503 e. The van der Waals surface area contributed by atoms with Crippen LogP contribution in [-0.2, 0) is 9.59 Å². The van der Waals surface area contributed by atoms with E-state index in [0.717, 1.165) is 27.8 Å². The molecule has 7 nitrogen and oxygen atoms in total. The zero-order valence-corrected chi connectivity index (χ0v) is 19.6. The van der Waals surface area contributed by atoms with Crippen LogP contribution in [0.5, 0.6) is 11.5 Å². The topological polar surface area (TPSA) is 95.9 Å². The number of phenols is 1. The average molecular weight is 505 g/mol. The van der Waals surface area contributed by atoms with E-state index in [1.54, 1.807) is 19.1 Å². The highest BCUT2D eigenvalue weighted by atomic mass is 79.9. The van der Waals surface area contributed by atoms with Gasteiger partial charge in [-0.3, -0.25) is 19.3 Å². The lowest BCUT2D eigenvalue weighted by Gasteiger charge is -2.15. The van der Waals surface area contributed by atoms with Crippen LogP contribution in [0.4, 0.5) is 10.5 Å². The van der Waals surface area contributed by atoms with Crippen LogP contribution in [0.1, 0.15) is 23.6 Å². The molecule has 162 valence electrons. The molecule has 3 amide bonds. The molecule has 2 aromatic carbocycles. The third-order valence-corrected chi connectivity index (χ3v) is 6.08. The summed E-state index contributed by atoms with van der Waals surface area (Å²) >= 11 is 4.01. The Bertz CT molecular complexity index is 1080. The molecule has 1 aliphatic rings. The Hall–Kier alpha value is -2.78. The van der Waals surface area contributed by atoms with Gasteiger partial charge in [-0.2, -0.15) is 0 Å². The molecule has 0 unspecified atom stereocenters. The van der Waals surface area contributed by atoms with E-state index in [1.807, 2.05) is 32.0 Å². The minimum Gasteiger partial charge on any atom is -0.503 e. The predicted molar refractivity (Wildman–Crippen MR) is 124 cm³/mol. The standard InChI is InChI=1S/C22H21BrN2O5S/c1-4-30-16-9-14(8-15(23)20(16)27)10-17-21(28)25(22(29)31-17)11-18(26)24-19-12(2)6-5-7-13(19)3/h5-10,27H,4,11H2,1-3H3,(H,24,26)/b17-10+. The Morgan fingerprint density at radius 3 is 2.58 bits per heavy atom. The van der Waals surface area contributed by atoms with E-state index < -0.39 is 17.1 Å². The summed E-state index contributed by atoms with van der Waals surface area (Å²) in [5.41, 5.74) is 3.03. The number of nitrogens with one attached hydrogen (secondary N) is 1. The number of aromatic hydroxyl groups is 1. The molecule has 0 bridgehead atoms. The van der Waals surface area contributed by atoms with Crippen molar-refractivity contribution in [1.82, 2.24) is 4.90 Å². The quantitative estimate of drug-likeness (QED) is 0.546. The van der Waals surface area contributed by atoms with Crippen molar-refractivity contribution >= 4 is 56.5 Å². The third-order valence-electron chi connectivity index (χ3n) is 4.57. The summed E-state index contributed by atoms with van der Waals surface area (Å²) in [5.74, 6) is -0.786. The maximum atomic E-state index is 12.7. The molecule has 0 atom stereocenters. The van der Waals surface area contributed by atoms with Gasteiger partial charge in [0, 0.05) is 5.69 Å². The van der Waals surface area contributed by atoms with Crippen LogP contribution in [0.3, 0.4) is 0 Å². The van der Waals surface area contributed by atoms with Crippen molar-refractivity contribution in [2.45, 2.75) is 20.8 Å². The van der Waals surface area contributed by atoms with Gasteiger partial charge in [-0.05, 0) is 83.4 Å². The molecule has 0 aliphatic carbocycles. The van der Waals surface area contributed by atoms with E-state index in [9.17, 15) is 19.5 Å². The SMILES string of the molecule is CCOc1cc(/C=C2/SC(=O)N(CC(=O)Nc3c(C)cccc3C)C2=O)cc(Br)c1O. The maximum Gasteiger partial charge on any atom is 0.294 e. The molecule has 1 saturated heterocycles. The number of carbonyl (C=O) groups excluding carboxylic acids is 3. The zero-order valence-electron chi connectivity index (χ0n) is 17.2. The molecular formula is C22H21BrN2O5S. The van der Waals surface area contributed by atoms with Crippen LogP contribution in [0.2, 0.25) is 0 Å². The first kappa shape index (κ1) is 22.9. The smallest absolute Gasteiger partial charge is 0.294 e. The molecule has 2 N–H and O–H groups in total.